The molecule has 0 fully saturated rings. The standard InChI is InChI=1S/C2H4O3.BO3.4Na/c1-2(3)5-4;2-1(3)4;;;;/h4H,1H3;;;;;/q;-3;4*+1/p-1. The summed E-state index contributed by atoms with van der Waals surface area (Å²) in [6.45, 7) is 1.05. The van der Waals surface area contributed by atoms with Gasteiger partial charge in [0.25, 0.3) is 5.97 Å². The molecule has 13 heavy (non-hydrogen) atoms. The van der Waals surface area contributed by atoms with Crippen molar-refractivity contribution in [3.63, 3.8) is 0 Å². The summed E-state index contributed by atoms with van der Waals surface area (Å²) >= 11 is 0. The number of hydrogen-bond donors (Lipinski definition) is 0. The van der Waals surface area contributed by atoms with E-state index in [0.29, 0.717) is 0 Å². The molecule has 0 heterocycles. The van der Waals surface area contributed by atoms with E-state index in [1.807, 2.05) is 0 Å². The smallest absolute Gasteiger partial charge is 0.907 e. The molecule has 0 aromatic heterocycles. The van der Waals surface area contributed by atoms with Gasteiger partial charge in [-0.1, -0.05) is 0 Å². The first-order valence-corrected chi connectivity index (χ1v) is 1.78. The third-order valence-electron chi connectivity index (χ3n) is 0.117. The number of carbonyl (C=O) groups is 1. The quantitative estimate of drug-likeness (QED) is 0.230. The van der Waals surface area contributed by atoms with Crippen LogP contribution in [0.5, 0.6) is 0 Å². The topological polar surface area (TPSA) is 119 Å². The van der Waals surface area contributed by atoms with Crippen LogP contribution in [0.15, 0.2) is 0 Å². The van der Waals surface area contributed by atoms with Gasteiger partial charge in [-0.2, -0.15) is 0 Å². The van der Waals surface area contributed by atoms with Crippen molar-refractivity contribution in [2.75, 3.05) is 0 Å². The fourth-order valence-electron chi connectivity index (χ4n) is 0. The van der Waals surface area contributed by atoms with Crippen LogP contribution in [0, 0.1) is 0 Å². The van der Waals surface area contributed by atoms with Crippen molar-refractivity contribution in [3.8, 4) is 0 Å². The fourth-order valence-corrected chi connectivity index (χ4v) is 0. The van der Waals surface area contributed by atoms with Crippen LogP contribution in [-0.2, 0) is 9.68 Å². The number of rotatable bonds is 0. The van der Waals surface area contributed by atoms with Gasteiger partial charge in [0.2, 0.25) is 0 Å². The van der Waals surface area contributed by atoms with Crippen molar-refractivity contribution in [2.45, 2.75) is 6.92 Å². The SMILES string of the molecule is CC(=O)O[O-].[Na+].[Na+].[Na+].[Na+].[O-]B([O-])[O-]. The van der Waals surface area contributed by atoms with Gasteiger partial charge in [-0.25, -0.2) is 0 Å². The maximum atomic E-state index is 9.28. The molecule has 0 aliphatic rings. The summed E-state index contributed by atoms with van der Waals surface area (Å²) < 4.78 is 0. The molecule has 0 saturated carbocycles. The second kappa shape index (κ2) is 29.5. The van der Waals surface area contributed by atoms with Crippen LogP contribution in [0.4, 0.5) is 0 Å². The predicted molar refractivity (Wildman–Crippen MR) is 17.5 cm³/mol. The van der Waals surface area contributed by atoms with Crippen LogP contribution in [0.1, 0.15) is 6.92 Å². The normalized spacial score (nSPS) is 4.69. The van der Waals surface area contributed by atoms with E-state index < -0.39 is 13.3 Å². The summed E-state index contributed by atoms with van der Waals surface area (Å²) in [4.78, 5) is 12.1. The van der Waals surface area contributed by atoms with E-state index in [1.54, 1.807) is 0 Å². The van der Waals surface area contributed by atoms with Crippen LogP contribution in [0.2, 0.25) is 0 Å². The van der Waals surface area contributed by atoms with Crippen LogP contribution in [0.3, 0.4) is 0 Å². The van der Waals surface area contributed by atoms with E-state index in [9.17, 15) is 4.79 Å². The van der Waals surface area contributed by atoms with Crippen LogP contribution in [0.25, 0.3) is 0 Å². The monoisotopic (exact) mass is 226 g/mol. The molecule has 54 valence electrons. The number of carbonyl (C=O) groups excluding carboxylic acids is 1. The zero-order valence-electron chi connectivity index (χ0n) is 8.53. The van der Waals surface area contributed by atoms with Crippen molar-refractivity contribution in [3.05, 3.63) is 0 Å². The molecular formula is C2H3BNa4O6. The number of hydrogen-bond acceptors (Lipinski definition) is 6. The van der Waals surface area contributed by atoms with E-state index in [4.69, 9.17) is 20.3 Å². The van der Waals surface area contributed by atoms with Crippen molar-refractivity contribution in [1.82, 2.24) is 0 Å². The van der Waals surface area contributed by atoms with E-state index >= 15 is 0 Å². The van der Waals surface area contributed by atoms with Crippen molar-refractivity contribution >= 4 is 13.3 Å². The van der Waals surface area contributed by atoms with E-state index in [-0.39, 0.29) is 118 Å². The van der Waals surface area contributed by atoms with E-state index in [2.05, 4.69) is 4.89 Å². The maximum Gasteiger partial charge on any atom is 1.00 e. The summed E-state index contributed by atoms with van der Waals surface area (Å²) in [5, 5.41) is 34.0. The average Bonchev–Trinajstić information content (AvgIpc) is 1.65. The third kappa shape index (κ3) is 95.2. The Balaban J connectivity index is -0.0000000146. The molecule has 0 amide bonds. The van der Waals surface area contributed by atoms with Gasteiger partial charge >= 0.3 is 118 Å². The molecule has 0 atom stereocenters. The Hall–Kier alpha value is 3.37. The Morgan fingerprint density at radius 2 is 1.15 bits per heavy atom. The minimum absolute atomic E-state index is 0. The summed E-state index contributed by atoms with van der Waals surface area (Å²) in [6, 6.07) is 0. The minimum Gasteiger partial charge on any atom is -0.907 e. The maximum absolute atomic E-state index is 9.28. The Bertz CT molecular complexity index is 80.3. The molecule has 0 spiro atoms. The molecule has 0 aromatic carbocycles. The zero-order valence-corrected chi connectivity index (χ0v) is 16.5. The van der Waals surface area contributed by atoms with E-state index in [0.717, 1.165) is 6.92 Å². The molecule has 0 rings (SSSR count). The fraction of sp³-hybridized carbons (Fsp3) is 0.500. The van der Waals surface area contributed by atoms with Gasteiger partial charge in [-0.3, -0.25) is 12.1 Å². The molecule has 0 unspecified atom stereocenters. The van der Waals surface area contributed by atoms with Crippen LogP contribution in [-0.4, -0.2) is 13.3 Å². The van der Waals surface area contributed by atoms with Gasteiger partial charge in [0.1, 0.15) is 0 Å². The van der Waals surface area contributed by atoms with Crippen LogP contribution < -0.4 is 139 Å². The molecule has 11 heteroatoms. The Labute approximate surface area is 165 Å². The van der Waals surface area contributed by atoms with Gasteiger partial charge in [0, 0.05) is 6.92 Å². The van der Waals surface area contributed by atoms with E-state index in [1.165, 1.54) is 0 Å². The second-order valence-corrected chi connectivity index (χ2v) is 0.864. The average molecular weight is 226 g/mol. The van der Waals surface area contributed by atoms with Gasteiger partial charge in [0.05, 0.1) is 0 Å². The summed E-state index contributed by atoms with van der Waals surface area (Å²) in [5.41, 5.74) is 0. The van der Waals surface area contributed by atoms with Gasteiger partial charge in [-0.05, 0) is 0 Å². The molecule has 0 aliphatic carbocycles. The molecule has 0 saturated heterocycles. The molecule has 0 aliphatic heterocycles. The summed E-state index contributed by atoms with van der Waals surface area (Å²) in [7, 11) is -2.92. The molecule has 0 bridgehead atoms. The largest absolute Gasteiger partial charge is 1.00 e. The first kappa shape index (κ1) is 36.0. The predicted octanol–water partition coefficient (Wildman–Crippen LogP) is -17.1. The first-order valence-electron chi connectivity index (χ1n) is 1.78. The Morgan fingerprint density at radius 1 is 1.08 bits per heavy atom. The molecule has 0 aromatic rings. The molecule has 0 N–H and O–H groups in total. The molecule has 0 radical (unpaired) electrons. The Morgan fingerprint density at radius 3 is 1.15 bits per heavy atom. The van der Waals surface area contributed by atoms with Crippen molar-refractivity contribution < 1.29 is 148 Å². The zero-order chi connectivity index (χ0) is 7.86. The Kier molecular flexibility index (Phi) is 81.6. The summed E-state index contributed by atoms with van der Waals surface area (Å²) in [6.07, 6.45) is 0. The van der Waals surface area contributed by atoms with Crippen molar-refractivity contribution in [2.24, 2.45) is 0 Å². The van der Waals surface area contributed by atoms with Gasteiger partial charge < -0.3 is 25.2 Å². The third-order valence-corrected chi connectivity index (χ3v) is 0.117. The molecule has 6 nitrogen and oxygen atoms in total. The van der Waals surface area contributed by atoms with Gasteiger partial charge in [0.15, 0.2) is 0 Å². The molecular weight excluding hydrogens is 223 g/mol. The van der Waals surface area contributed by atoms with Gasteiger partial charge in [-0.15, -0.1) is 0 Å². The second-order valence-electron chi connectivity index (χ2n) is 0.864. The van der Waals surface area contributed by atoms with Crippen LogP contribution >= 0.6 is 0 Å². The van der Waals surface area contributed by atoms with Crippen molar-refractivity contribution in [1.29, 1.82) is 0 Å². The first-order chi connectivity index (χ1) is 4.00. The minimum atomic E-state index is -2.92. The summed E-state index contributed by atoms with van der Waals surface area (Å²) in [5.74, 6) is -0.801.